The second-order valence-corrected chi connectivity index (χ2v) is 7.58. The Morgan fingerprint density at radius 3 is 1.87 bits per heavy atom. The van der Waals surface area contributed by atoms with Crippen LogP contribution in [0.2, 0.25) is 0 Å². The minimum atomic E-state index is -5.53. The summed E-state index contributed by atoms with van der Waals surface area (Å²) in [6.07, 6.45) is -15.1. The Morgan fingerprint density at radius 2 is 1.52 bits per heavy atom. The molecular weight excluding hydrogens is 469 g/mol. The fourth-order valence-electron chi connectivity index (χ4n) is 1.79. The number of sulfonamides is 1. The number of halogens is 9. The van der Waals surface area contributed by atoms with Crippen LogP contribution in [0.1, 0.15) is 20.3 Å². The number of rotatable bonds is 9. The molecule has 15 heteroatoms. The monoisotopic (exact) mass is 487 g/mol. The number of alkyl halides is 9. The van der Waals surface area contributed by atoms with Crippen LogP contribution in [0.5, 0.6) is 0 Å². The van der Waals surface area contributed by atoms with Gasteiger partial charge in [0.2, 0.25) is 0 Å². The second kappa shape index (κ2) is 10.3. The van der Waals surface area contributed by atoms with Crippen LogP contribution in [0.3, 0.4) is 0 Å². The van der Waals surface area contributed by atoms with E-state index in [4.69, 9.17) is 5.41 Å². The smallest absolute Gasteiger partial charge is 0.304 e. The van der Waals surface area contributed by atoms with Crippen molar-refractivity contribution in [1.82, 2.24) is 10.3 Å². The van der Waals surface area contributed by atoms with Crippen LogP contribution in [0.15, 0.2) is 47.1 Å². The summed E-state index contributed by atoms with van der Waals surface area (Å²) >= 11 is 0. The summed E-state index contributed by atoms with van der Waals surface area (Å²) in [6, 6.07) is 0. The highest BCUT2D eigenvalue weighted by atomic mass is 32.2. The van der Waals surface area contributed by atoms with Gasteiger partial charge in [0, 0.05) is 5.57 Å². The van der Waals surface area contributed by atoms with Crippen molar-refractivity contribution in [3.05, 3.63) is 47.1 Å². The summed E-state index contributed by atoms with van der Waals surface area (Å²) in [4.78, 5) is 0.0967. The molecule has 3 N–H and O–H groups in total. The van der Waals surface area contributed by atoms with E-state index in [0.29, 0.717) is 18.2 Å². The third-order valence-electron chi connectivity index (χ3n) is 3.63. The molecule has 0 aliphatic rings. The van der Waals surface area contributed by atoms with Gasteiger partial charge in [0.15, 0.2) is 0 Å². The molecule has 0 heterocycles. The van der Waals surface area contributed by atoms with Crippen molar-refractivity contribution in [2.24, 2.45) is 5.92 Å². The number of hydrogen-bond donors (Lipinski definition) is 3. The van der Waals surface area contributed by atoms with Crippen molar-refractivity contribution in [3.63, 3.8) is 0 Å². The number of allylic oxidation sites excluding steroid dienone is 6. The zero-order valence-electron chi connectivity index (χ0n) is 15.9. The molecule has 178 valence electrons. The maximum Gasteiger partial charge on any atom is 0.432 e. The SMILES string of the molecule is C=C/C(=C\C=C(/C(C)CC)C(F)(F)F)S(=O)(=O)NN/C(=C\C(=N)C(F)(F)F)C(F)(F)F. The molecule has 0 aliphatic carbocycles. The molecule has 31 heavy (non-hydrogen) atoms. The number of hydrogen-bond acceptors (Lipinski definition) is 4. The lowest BCUT2D eigenvalue weighted by Crippen LogP contribution is -2.42. The zero-order valence-corrected chi connectivity index (χ0v) is 16.7. The Kier molecular flexibility index (Phi) is 9.58. The first-order chi connectivity index (χ1) is 13.8. The predicted octanol–water partition coefficient (Wildman–Crippen LogP) is 5.04. The third-order valence-corrected chi connectivity index (χ3v) is 4.92. The molecule has 0 rings (SSSR count). The number of hydrazine groups is 1. The van der Waals surface area contributed by atoms with E-state index in [1.807, 2.05) is 0 Å². The lowest BCUT2D eigenvalue weighted by molar-refractivity contribution is -0.0990. The van der Waals surface area contributed by atoms with Gasteiger partial charge in [0.05, 0.1) is 4.91 Å². The lowest BCUT2D eigenvalue weighted by atomic mass is 9.97. The lowest BCUT2D eigenvalue weighted by Gasteiger charge is -2.17. The summed E-state index contributed by atoms with van der Waals surface area (Å²) in [5.74, 6) is -1.04. The van der Waals surface area contributed by atoms with Gasteiger partial charge in [-0.2, -0.15) is 39.5 Å². The molecule has 0 spiro atoms. The average molecular weight is 487 g/mol. The first-order valence-corrected chi connectivity index (χ1v) is 9.59. The van der Waals surface area contributed by atoms with Crippen LogP contribution in [-0.4, -0.2) is 32.7 Å². The topological polar surface area (TPSA) is 82.1 Å². The van der Waals surface area contributed by atoms with Crippen LogP contribution in [0.25, 0.3) is 0 Å². The number of nitrogens with one attached hydrogen (secondary N) is 3. The van der Waals surface area contributed by atoms with E-state index < -0.39 is 62.4 Å². The normalized spacial score (nSPS) is 16.2. The quantitative estimate of drug-likeness (QED) is 0.184. The molecule has 0 aliphatic heterocycles. The fourth-order valence-corrected chi connectivity index (χ4v) is 2.62. The first kappa shape index (κ1) is 28.7. The predicted molar refractivity (Wildman–Crippen MR) is 95.0 cm³/mol. The maximum atomic E-state index is 13.1. The molecular formula is C16H18F9N3O2S. The van der Waals surface area contributed by atoms with Gasteiger partial charge in [0.1, 0.15) is 11.4 Å². The molecule has 0 aromatic heterocycles. The van der Waals surface area contributed by atoms with Gasteiger partial charge in [-0.1, -0.05) is 26.5 Å². The molecule has 0 saturated heterocycles. The highest BCUT2D eigenvalue weighted by molar-refractivity contribution is 7.93. The molecule has 5 nitrogen and oxygen atoms in total. The van der Waals surface area contributed by atoms with Gasteiger partial charge in [-0.05, 0) is 30.6 Å². The molecule has 0 saturated carbocycles. The van der Waals surface area contributed by atoms with Crippen molar-refractivity contribution in [2.45, 2.75) is 38.8 Å². The molecule has 0 aromatic carbocycles. The Labute approximate surface area is 171 Å². The molecule has 0 bridgehead atoms. The summed E-state index contributed by atoms with van der Waals surface area (Å²) < 4.78 is 139. The largest absolute Gasteiger partial charge is 0.432 e. The molecule has 0 amide bonds. The first-order valence-electron chi connectivity index (χ1n) is 8.11. The van der Waals surface area contributed by atoms with Crippen LogP contribution >= 0.6 is 0 Å². The summed E-state index contributed by atoms with van der Waals surface area (Å²) in [5.41, 5.74) is -4.84. The van der Waals surface area contributed by atoms with Gasteiger partial charge >= 0.3 is 18.5 Å². The summed E-state index contributed by atoms with van der Waals surface area (Å²) in [7, 11) is -5.00. The molecule has 0 fully saturated rings. The van der Waals surface area contributed by atoms with Crippen molar-refractivity contribution in [2.75, 3.05) is 0 Å². The van der Waals surface area contributed by atoms with Gasteiger partial charge in [0.25, 0.3) is 10.0 Å². The van der Waals surface area contributed by atoms with E-state index in [9.17, 15) is 47.9 Å². The van der Waals surface area contributed by atoms with Gasteiger partial charge in [-0.15, -0.1) is 4.83 Å². The standard InChI is InChI=1S/C16H18F9N3O2S/c1-4-9(3)11(14(17,18)19)7-6-10(5-2)31(29,30)28-27-13(16(23,24)25)8-12(26)15(20,21)22/h5-9,26-28H,2,4H2,1,3H3/b10-6+,11-7+,13-8-,26-12?. The van der Waals surface area contributed by atoms with Crippen LogP contribution in [0, 0.1) is 11.3 Å². The van der Waals surface area contributed by atoms with Crippen LogP contribution < -0.4 is 10.3 Å². The Morgan fingerprint density at radius 1 is 1.00 bits per heavy atom. The van der Waals surface area contributed by atoms with Gasteiger partial charge in [-0.25, -0.2) is 8.42 Å². The zero-order chi connectivity index (χ0) is 24.8. The minimum absolute atomic E-state index is 0.0417. The van der Waals surface area contributed by atoms with Crippen molar-refractivity contribution < 1.29 is 47.9 Å². The third kappa shape index (κ3) is 9.16. The van der Waals surface area contributed by atoms with E-state index in [-0.39, 0.29) is 6.42 Å². The summed E-state index contributed by atoms with van der Waals surface area (Å²) in [5, 5.41) is 6.58. The second-order valence-electron chi connectivity index (χ2n) is 5.90. The van der Waals surface area contributed by atoms with E-state index in [2.05, 4.69) is 6.58 Å². The minimum Gasteiger partial charge on any atom is -0.304 e. The average Bonchev–Trinajstić information content (AvgIpc) is 2.58. The molecule has 1 atom stereocenters. The van der Waals surface area contributed by atoms with E-state index in [0.717, 1.165) is 10.3 Å². The Hall–Kier alpha value is -2.29. The van der Waals surface area contributed by atoms with Gasteiger partial charge < -0.3 is 5.43 Å². The van der Waals surface area contributed by atoms with Gasteiger partial charge in [-0.3, -0.25) is 5.41 Å². The van der Waals surface area contributed by atoms with Crippen LogP contribution in [-0.2, 0) is 10.0 Å². The van der Waals surface area contributed by atoms with E-state index in [1.165, 1.54) is 13.8 Å². The van der Waals surface area contributed by atoms with Crippen molar-refractivity contribution in [1.29, 1.82) is 5.41 Å². The molecule has 1 unspecified atom stereocenters. The van der Waals surface area contributed by atoms with E-state index in [1.54, 1.807) is 0 Å². The molecule has 0 radical (unpaired) electrons. The fraction of sp³-hybridized carbons (Fsp3) is 0.438. The highest BCUT2D eigenvalue weighted by Gasteiger charge is 2.40. The summed E-state index contributed by atoms with van der Waals surface area (Å²) in [6.45, 7) is 5.70. The Bertz CT molecular complexity index is 864. The van der Waals surface area contributed by atoms with Crippen molar-refractivity contribution in [3.8, 4) is 0 Å². The maximum absolute atomic E-state index is 13.1. The van der Waals surface area contributed by atoms with E-state index >= 15 is 0 Å². The van der Waals surface area contributed by atoms with Crippen LogP contribution in [0.4, 0.5) is 39.5 Å². The highest BCUT2D eigenvalue weighted by Crippen LogP contribution is 2.33. The molecule has 0 aromatic rings. The Balaban J connectivity index is 6.00. The van der Waals surface area contributed by atoms with Crippen molar-refractivity contribution >= 4 is 15.7 Å².